The zero-order chi connectivity index (χ0) is 11.1. The number of nitrogens with two attached hydrogens (primary N) is 1. The summed E-state index contributed by atoms with van der Waals surface area (Å²) in [6.07, 6.45) is 2.85. The summed E-state index contributed by atoms with van der Waals surface area (Å²) in [5, 5.41) is 0. The Kier molecular flexibility index (Phi) is 4.09. The van der Waals surface area contributed by atoms with Crippen LogP contribution in [0.15, 0.2) is 36.4 Å². The number of ether oxygens (including phenoxy) is 1. The van der Waals surface area contributed by atoms with E-state index >= 15 is 0 Å². The molecule has 0 atom stereocenters. The third-order valence-electron chi connectivity index (χ3n) is 1.57. The average molecular weight is 205 g/mol. The molecular weight excluding hydrogens is 194 g/mol. The molecule has 2 N–H and O–H groups in total. The maximum absolute atomic E-state index is 11.0. The summed E-state index contributed by atoms with van der Waals surface area (Å²) >= 11 is 0. The molecule has 0 saturated carbocycles. The lowest BCUT2D eigenvalue weighted by atomic mass is 10.2. The van der Waals surface area contributed by atoms with Crippen LogP contribution in [0.2, 0.25) is 0 Å². The van der Waals surface area contributed by atoms with Gasteiger partial charge in [0.05, 0.1) is 0 Å². The fourth-order valence-corrected chi connectivity index (χ4v) is 0.919. The van der Waals surface area contributed by atoms with Crippen molar-refractivity contribution in [2.75, 3.05) is 6.61 Å². The van der Waals surface area contributed by atoms with E-state index in [4.69, 9.17) is 5.73 Å². The first-order valence-electron chi connectivity index (χ1n) is 4.36. The van der Waals surface area contributed by atoms with Crippen LogP contribution in [0.1, 0.15) is 5.56 Å². The van der Waals surface area contributed by atoms with E-state index in [0.717, 1.165) is 5.56 Å². The molecule has 1 amide bonds. The highest BCUT2D eigenvalue weighted by Gasteiger charge is 1.99. The average Bonchev–Trinajstić information content (AvgIpc) is 2.25. The maximum atomic E-state index is 11.0. The first-order valence-corrected chi connectivity index (χ1v) is 4.36. The monoisotopic (exact) mass is 205 g/mol. The van der Waals surface area contributed by atoms with E-state index in [1.54, 1.807) is 6.08 Å². The van der Waals surface area contributed by atoms with E-state index in [9.17, 15) is 9.59 Å². The molecule has 0 radical (unpaired) electrons. The van der Waals surface area contributed by atoms with Crippen LogP contribution in [-0.2, 0) is 14.3 Å². The predicted octanol–water partition coefficient (Wildman–Crippen LogP) is 0.728. The van der Waals surface area contributed by atoms with E-state index in [0.29, 0.717) is 0 Å². The molecule has 0 aliphatic carbocycles. The van der Waals surface area contributed by atoms with Gasteiger partial charge in [-0.25, -0.2) is 4.79 Å². The van der Waals surface area contributed by atoms with Gasteiger partial charge >= 0.3 is 5.97 Å². The summed E-state index contributed by atoms with van der Waals surface area (Å²) in [6, 6.07) is 9.28. The molecule has 78 valence electrons. The molecular formula is C11H11NO3. The highest BCUT2D eigenvalue weighted by atomic mass is 16.5. The van der Waals surface area contributed by atoms with E-state index < -0.39 is 18.5 Å². The van der Waals surface area contributed by atoms with Gasteiger partial charge < -0.3 is 10.5 Å². The van der Waals surface area contributed by atoms with Gasteiger partial charge in [0, 0.05) is 6.08 Å². The first-order chi connectivity index (χ1) is 7.18. The Morgan fingerprint density at radius 1 is 1.27 bits per heavy atom. The van der Waals surface area contributed by atoms with Crippen LogP contribution in [0.3, 0.4) is 0 Å². The van der Waals surface area contributed by atoms with Gasteiger partial charge in [-0.3, -0.25) is 4.79 Å². The van der Waals surface area contributed by atoms with E-state index in [1.165, 1.54) is 6.08 Å². The van der Waals surface area contributed by atoms with Gasteiger partial charge in [-0.05, 0) is 11.6 Å². The van der Waals surface area contributed by atoms with Gasteiger partial charge in [0.25, 0.3) is 5.91 Å². The third kappa shape index (κ3) is 4.61. The van der Waals surface area contributed by atoms with Gasteiger partial charge in [0.2, 0.25) is 0 Å². The highest BCUT2D eigenvalue weighted by molar-refractivity contribution is 5.88. The van der Waals surface area contributed by atoms with Crippen molar-refractivity contribution >= 4 is 18.0 Å². The molecule has 0 aromatic heterocycles. The lowest BCUT2D eigenvalue weighted by Crippen LogP contribution is -2.19. The van der Waals surface area contributed by atoms with Crippen LogP contribution < -0.4 is 5.73 Å². The van der Waals surface area contributed by atoms with Crippen LogP contribution in [0.25, 0.3) is 6.08 Å². The summed E-state index contributed by atoms with van der Waals surface area (Å²) in [5.41, 5.74) is 5.69. The fraction of sp³-hybridized carbons (Fsp3) is 0.0909. The van der Waals surface area contributed by atoms with Crippen LogP contribution in [0.4, 0.5) is 0 Å². The number of carbonyl (C=O) groups excluding carboxylic acids is 2. The lowest BCUT2D eigenvalue weighted by Gasteiger charge is -1.96. The molecule has 1 aromatic carbocycles. The van der Waals surface area contributed by atoms with Crippen LogP contribution in [0.5, 0.6) is 0 Å². The molecule has 0 aliphatic rings. The number of benzene rings is 1. The standard InChI is InChI=1S/C11H11NO3/c12-10(13)8-15-11(14)7-6-9-4-2-1-3-5-9/h1-7H,8H2,(H2,12,13)/b7-6+. The second-order valence-corrected chi connectivity index (χ2v) is 2.82. The summed E-state index contributed by atoms with van der Waals surface area (Å²) in [6.45, 7) is -0.391. The minimum absolute atomic E-state index is 0.391. The summed E-state index contributed by atoms with van der Waals surface area (Å²) < 4.78 is 4.52. The number of esters is 1. The summed E-state index contributed by atoms with van der Waals surface area (Å²) in [4.78, 5) is 21.3. The van der Waals surface area contributed by atoms with Gasteiger partial charge in [-0.15, -0.1) is 0 Å². The first kappa shape index (κ1) is 11.0. The second-order valence-electron chi connectivity index (χ2n) is 2.82. The summed E-state index contributed by atoms with van der Waals surface area (Å²) in [5.74, 6) is -1.26. The molecule has 15 heavy (non-hydrogen) atoms. The topological polar surface area (TPSA) is 69.4 Å². The van der Waals surface area contributed by atoms with Crippen molar-refractivity contribution in [1.82, 2.24) is 0 Å². The Hall–Kier alpha value is -2.10. The van der Waals surface area contributed by atoms with Gasteiger partial charge in [-0.2, -0.15) is 0 Å². The number of hydrogen-bond acceptors (Lipinski definition) is 3. The molecule has 4 heteroatoms. The van der Waals surface area contributed by atoms with Crippen molar-refractivity contribution in [3.05, 3.63) is 42.0 Å². The molecule has 0 aliphatic heterocycles. The molecule has 0 spiro atoms. The number of rotatable bonds is 4. The molecule has 0 fully saturated rings. The zero-order valence-corrected chi connectivity index (χ0v) is 8.05. The zero-order valence-electron chi connectivity index (χ0n) is 8.05. The largest absolute Gasteiger partial charge is 0.452 e. The van der Waals surface area contributed by atoms with Gasteiger partial charge in [0.15, 0.2) is 6.61 Å². The third-order valence-corrected chi connectivity index (χ3v) is 1.57. The number of hydrogen-bond donors (Lipinski definition) is 1. The fourth-order valence-electron chi connectivity index (χ4n) is 0.919. The maximum Gasteiger partial charge on any atom is 0.331 e. The molecule has 4 nitrogen and oxygen atoms in total. The summed E-state index contributed by atoms with van der Waals surface area (Å²) in [7, 11) is 0. The van der Waals surface area contributed by atoms with E-state index in [-0.39, 0.29) is 0 Å². The molecule has 1 rings (SSSR count). The molecule has 0 heterocycles. The normalized spacial score (nSPS) is 10.1. The molecule has 0 bridgehead atoms. The van der Waals surface area contributed by atoms with Gasteiger partial charge in [-0.1, -0.05) is 30.3 Å². The van der Waals surface area contributed by atoms with Crippen LogP contribution >= 0.6 is 0 Å². The highest BCUT2D eigenvalue weighted by Crippen LogP contribution is 2.00. The Bertz CT molecular complexity index is 371. The number of amides is 1. The van der Waals surface area contributed by atoms with Crippen molar-refractivity contribution in [2.24, 2.45) is 5.73 Å². The Labute approximate surface area is 87.3 Å². The van der Waals surface area contributed by atoms with E-state index in [2.05, 4.69) is 4.74 Å². The minimum atomic E-state index is -0.670. The Morgan fingerprint density at radius 3 is 2.53 bits per heavy atom. The molecule has 1 aromatic rings. The van der Waals surface area contributed by atoms with Crippen molar-refractivity contribution < 1.29 is 14.3 Å². The van der Waals surface area contributed by atoms with Crippen LogP contribution in [-0.4, -0.2) is 18.5 Å². The number of carbonyl (C=O) groups is 2. The molecule has 0 saturated heterocycles. The predicted molar refractivity (Wildman–Crippen MR) is 55.6 cm³/mol. The SMILES string of the molecule is NC(=O)COC(=O)/C=C/c1ccccc1. The van der Waals surface area contributed by atoms with Crippen molar-refractivity contribution in [3.63, 3.8) is 0 Å². The number of primary amides is 1. The quantitative estimate of drug-likeness (QED) is 0.582. The second kappa shape index (κ2) is 5.59. The van der Waals surface area contributed by atoms with Crippen molar-refractivity contribution in [3.8, 4) is 0 Å². The van der Waals surface area contributed by atoms with Gasteiger partial charge in [0.1, 0.15) is 0 Å². The van der Waals surface area contributed by atoms with Crippen molar-refractivity contribution in [1.29, 1.82) is 0 Å². The smallest absolute Gasteiger partial charge is 0.331 e. The van der Waals surface area contributed by atoms with Crippen LogP contribution in [0, 0.1) is 0 Å². The van der Waals surface area contributed by atoms with Crippen molar-refractivity contribution in [2.45, 2.75) is 0 Å². The lowest BCUT2D eigenvalue weighted by molar-refractivity contribution is -0.142. The minimum Gasteiger partial charge on any atom is -0.452 e. The van der Waals surface area contributed by atoms with E-state index in [1.807, 2.05) is 30.3 Å². The Balaban J connectivity index is 2.44. The Morgan fingerprint density at radius 2 is 1.93 bits per heavy atom. The molecule has 0 unspecified atom stereocenters.